The lowest BCUT2D eigenvalue weighted by atomic mass is 9.96. The number of aromatic nitrogens is 1. The van der Waals surface area contributed by atoms with E-state index in [1.165, 1.54) is 28.8 Å². The number of benzene rings is 2. The van der Waals surface area contributed by atoms with Gasteiger partial charge in [0.1, 0.15) is 10.3 Å². The molecule has 0 bridgehead atoms. The van der Waals surface area contributed by atoms with Crippen LogP contribution in [0.15, 0.2) is 69.6 Å². The van der Waals surface area contributed by atoms with Gasteiger partial charge in [0.2, 0.25) is 0 Å². The molecule has 0 fully saturated rings. The lowest BCUT2D eigenvalue weighted by Crippen LogP contribution is -2.40. The highest BCUT2D eigenvalue weighted by Gasteiger charge is 2.35. The molecule has 2 aliphatic rings. The van der Waals surface area contributed by atoms with Gasteiger partial charge in [-0.3, -0.25) is 14.2 Å². The Bertz CT molecular complexity index is 1530. The van der Waals surface area contributed by atoms with Crippen LogP contribution in [0, 0.1) is 5.82 Å². The standard InChI is InChI=1S/C24H18FN3O4S/c1-3-32-23(31)17-12(2)26-24-28(19(17)13-8-10-14(25)11-9-13)22(30)20(33-24)18-15-6-4-5-7-16(15)27-21(18)29/h4-11,19H,3H2,1-2H3,(H,27,29)/b20-18+. The first kappa shape index (κ1) is 21.0. The molecule has 1 unspecified atom stereocenters. The Morgan fingerprint density at radius 2 is 1.91 bits per heavy atom. The summed E-state index contributed by atoms with van der Waals surface area (Å²) in [6.07, 6.45) is 0. The zero-order chi connectivity index (χ0) is 23.3. The smallest absolute Gasteiger partial charge is 0.338 e. The molecule has 1 atom stereocenters. The van der Waals surface area contributed by atoms with E-state index >= 15 is 0 Å². The minimum absolute atomic E-state index is 0.150. The minimum Gasteiger partial charge on any atom is -0.463 e. The highest BCUT2D eigenvalue weighted by atomic mass is 32.1. The fourth-order valence-electron chi connectivity index (χ4n) is 4.15. The first-order chi connectivity index (χ1) is 15.9. The number of anilines is 1. The maximum absolute atomic E-state index is 13.7. The molecule has 3 heterocycles. The molecule has 1 aromatic heterocycles. The van der Waals surface area contributed by atoms with Gasteiger partial charge in [-0.25, -0.2) is 14.2 Å². The predicted molar refractivity (Wildman–Crippen MR) is 121 cm³/mol. The molecule has 33 heavy (non-hydrogen) atoms. The van der Waals surface area contributed by atoms with Crippen molar-refractivity contribution in [2.24, 2.45) is 4.99 Å². The van der Waals surface area contributed by atoms with Crippen LogP contribution in [0.2, 0.25) is 0 Å². The molecule has 7 nitrogen and oxygen atoms in total. The summed E-state index contributed by atoms with van der Waals surface area (Å²) < 4.78 is 20.5. The van der Waals surface area contributed by atoms with Crippen molar-refractivity contribution in [2.75, 3.05) is 11.9 Å². The van der Waals surface area contributed by atoms with Crippen LogP contribution in [0.25, 0.3) is 5.57 Å². The number of nitrogens with zero attached hydrogens (tertiary/aromatic N) is 2. The number of amides is 1. The van der Waals surface area contributed by atoms with Crippen LogP contribution < -0.4 is 20.2 Å². The van der Waals surface area contributed by atoms with E-state index < -0.39 is 23.4 Å². The highest BCUT2D eigenvalue weighted by molar-refractivity contribution is 7.07. The lowest BCUT2D eigenvalue weighted by molar-refractivity contribution is -0.139. The van der Waals surface area contributed by atoms with Crippen molar-refractivity contribution in [2.45, 2.75) is 19.9 Å². The number of para-hydroxylation sites is 1. The first-order valence-electron chi connectivity index (χ1n) is 10.3. The molecule has 0 spiro atoms. The number of thiazole rings is 1. The van der Waals surface area contributed by atoms with E-state index in [0.29, 0.717) is 27.3 Å². The van der Waals surface area contributed by atoms with Crippen LogP contribution in [0.1, 0.15) is 31.0 Å². The number of rotatable bonds is 3. The van der Waals surface area contributed by atoms with Crippen LogP contribution in [-0.4, -0.2) is 23.1 Å². The third-order valence-electron chi connectivity index (χ3n) is 5.58. The third-order valence-corrected chi connectivity index (χ3v) is 6.63. The number of halogens is 1. The molecule has 1 N–H and O–H groups in total. The van der Waals surface area contributed by atoms with Crippen LogP contribution in [-0.2, 0) is 14.3 Å². The normalized spacial score (nSPS) is 18.4. The number of carbonyl (C=O) groups is 2. The quantitative estimate of drug-likeness (QED) is 0.604. The summed E-state index contributed by atoms with van der Waals surface area (Å²) in [4.78, 5) is 44.2. The van der Waals surface area contributed by atoms with E-state index in [2.05, 4.69) is 10.3 Å². The zero-order valence-electron chi connectivity index (χ0n) is 17.7. The van der Waals surface area contributed by atoms with Gasteiger partial charge in [0, 0.05) is 11.3 Å². The van der Waals surface area contributed by atoms with Gasteiger partial charge in [-0.05, 0) is 37.6 Å². The van der Waals surface area contributed by atoms with E-state index in [0.717, 1.165) is 11.3 Å². The summed E-state index contributed by atoms with van der Waals surface area (Å²) >= 11 is 1.08. The van der Waals surface area contributed by atoms with Crippen LogP contribution in [0.4, 0.5) is 10.1 Å². The summed E-state index contributed by atoms with van der Waals surface area (Å²) in [6.45, 7) is 3.51. The van der Waals surface area contributed by atoms with Gasteiger partial charge in [0.25, 0.3) is 11.5 Å². The summed E-state index contributed by atoms with van der Waals surface area (Å²) in [5.74, 6) is -1.41. The first-order valence-corrected chi connectivity index (χ1v) is 11.1. The number of fused-ring (bicyclic) bond motifs is 2. The third kappa shape index (κ3) is 3.32. The summed E-state index contributed by atoms with van der Waals surface area (Å²) in [5.41, 5.74) is 2.20. The van der Waals surface area contributed by atoms with Gasteiger partial charge in [0.15, 0.2) is 4.80 Å². The number of allylic oxidation sites excluding steroid dienone is 1. The number of hydrogen-bond acceptors (Lipinski definition) is 6. The van der Waals surface area contributed by atoms with Gasteiger partial charge in [-0.1, -0.05) is 41.7 Å². The Hall–Kier alpha value is -3.85. The Morgan fingerprint density at radius 3 is 2.64 bits per heavy atom. The summed E-state index contributed by atoms with van der Waals surface area (Å²) in [7, 11) is 0. The predicted octanol–water partition coefficient (Wildman–Crippen LogP) is 2.26. The van der Waals surface area contributed by atoms with Crippen molar-refractivity contribution in [3.8, 4) is 0 Å². The second-order valence-corrected chi connectivity index (χ2v) is 8.53. The van der Waals surface area contributed by atoms with Crippen LogP contribution in [0.3, 0.4) is 0 Å². The molecule has 2 aromatic carbocycles. The molecule has 2 aliphatic heterocycles. The average Bonchev–Trinajstić information content (AvgIpc) is 3.28. The molecule has 0 saturated heterocycles. The average molecular weight is 463 g/mol. The van der Waals surface area contributed by atoms with Crippen molar-refractivity contribution in [3.63, 3.8) is 0 Å². The maximum Gasteiger partial charge on any atom is 0.338 e. The fraction of sp³-hybridized carbons (Fsp3) is 0.167. The fourth-order valence-corrected chi connectivity index (χ4v) is 5.29. The Labute approximate surface area is 191 Å². The van der Waals surface area contributed by atoms with E-state index in [4.69, 9.17) is 4.74 Å². The SMILES string of the molecule is CCOC(=O)C1=C(C)N=c2s/c(=C3/C(=O)Nc4ccccc43)c(=O)n2C1c1ccc(F)cc1. The van der Waals surface area contributed by atoms with Gasteiger partial charge in [0.05, 0.1) is 29.5 Å². The molecule has 0 radical (unpaired) electrons. The molecule has 0 saturated carbocycles. The number of hydrogen-bond donors (Lipinski definition) is 1. The van der Waals surface area contributed by atoms with Crippen molar-refractivity contribution >= 4 is 34.5 Å². The summed E-state index contributed by atoms with van der Waals surface area (Å²) in [5, 5.41) is 2.78. The van der Waals surface area contributed by atoms with E-state index in [1.807, 2.05) is 0 Å². The van der Waals surface area contributed by atoms with Crippen molar-refractivity contribution < 1.29 is 18.7 Å². The van der Waals surface area contributed by atoms with Gasteiger partial charge in [-0.15, -0.1) is 0 Å². The largest absolute Gasteiger partial charge is 0.463 e. The van der Waals surface area contributed by atoms with E-state index in [9.17, 15) is 18.8 Å². The zero-order valence-corrected chi connectivity index (χ0v) is 18.5. The number of nitrogens with one attached hydrogen (secondary N) is 1. The monoisotopic (exact) mass is 463 g/mol. The molecular weight excluding hydrogens is 445 g/mol. The van der Waals surface area contributed by atoms with Crippen LogP contribution >= 0.6 is 11.3 Å². The Kier molecular flexibility index (Phi) is 5.05. The van der Waals surface area contributed by atoms with E-state index in [1.54, 1.807) is 38.1 Å². The summed E-state index contributed by atoms with van der Waals surface area (Å²) in [6, 6.07) is 11.9. The minimum atomic E-state index is -0.866. The Morgan fingerprint density at radius 1 is 1.18 bits per heavy atom. The molecule has 166 valence electrons. The van der Waals surface area contributed by atoms with Gasteiger partial charge >= 0.3 is 5.97 Å². The number of esters is 1. The second-order valence-electron chi connectivity index (χ2n) is 7.55. The van der Waals surface area contributed by atoms with E-state index in [-0.39, 0.29) is 28.2 Å². The van der Waals surface area contributed by atoms with Gasteiger partial charge < -0.3 is 10.1 Å². The van der Waals surface area contributed by atoms with Crippen molar-refractivity contribution in [1.82, 2.24) is 4.57 Å². The van der Waals surface area contributed by atoms with Crippen molar-refractivity contribution in [1.29, 1.82) is 0 Å². The lowest BCUT2D eigenvalue weighted by Gasteiger charge is -2.24. The molecule has 5 rings (SSSR count). The topological polar surface area (TPSA) is 89.8 Å². The molecule has 0 aliphatic carbocycles. The highest BCUT2D eigenvalue weighted by Crippen LogP contribution is 2.32. The molecule has 9 heteroatoms. The van der Waals surface area contributed by atoms with Crippen LogP contribution in [0.5, 0.6) is 0 Å². The molecular formula is C24H18FN3O4S. The Balaban J connectivity index is 1.82. The second kappa shape index (κ2) is 7.93. The van der Waals surface area contributed by atoms with Crippen molar-refractivity contribution in [3.05, 3.63) is 96.4 Å². The molecule has 1 amide bonds. The number of carbonyl (C=O) groups excluding carboxylic acids is 2. The number of ether oxygens (including phenoxy) is 1. The molecule has 3 aromatic rings. The van der Waals surface area contributed by atoms with Gasteiger partial charge in [-0.2, -0.15) is 0 Å². The maximum atomic E-state index is 13.7.